The Bertz CT molecular complexity index is 1060. The molecule has 1 amide bonds. The minimum absolute atomic E-state index is 0.103. The minimum atomic E-state index is -0.251. The number of amides is 1. The van der Waals surface area contributed by atoms with E-state index in [2.05, 4.69) is 4.90 Å². The van der Waals surface area contributed by atoms with Crippen molar-refractivity contribution in [3.8, 4) is 0 Å². The molecular formula is C25H29FN4O. The molecule has 5 rings (SSSR count). The summed E-state index contributed by atoms with van der Waals surface area (Å²) in [4.78, 5) is 19.8. The van der Waals surface area contributed by atoms with Gasteiger partial charge in [0.1, 0.15) is 11.6 Å². The normalized spacial score (nSPS) is 18.1. The smallest absolute Gasteiger partial charge is 0.255 e. The number of piperidine rings is 1. The molecular weight excluding hydrogens is 391 g/mol. The molecule has 6 heteroatoms. The van der Waals surface area contributed by atoms with Crippen molar-refractivity contribution in [2.75, 3.05) is 38.1 Å². The van der Waals surface area contributed by atoms with Crippen molar-refractivity contribution >= 4 is 22.9 Å². The van der Waals surface area contributed by atoms with Crippen LogP contribution >= 0.6 is 0 Å². The van der Waals surface area contributed by atoms with E-state index in [1.165, 1.54) is 38.1 Å². The van der Waals surface area contributed by atoms with Crippen LogP contribution in [0, 0.1) is 5.82 Å². The van der Waals surface area contributed by atoms with E-state index in [9.17, 15) is 9.18 Å². The van der Waals surface area contributed by atoms with Crippen LogP contribution in [0.15, 0.2) is 54.7 Å². The molecule has 2 aliphatic rings. The van der Waals surface area contributed by atoms with Crippen molar-refractivity contribution < 1.29 is 9.18 Å². The Kier molecular flexibility index (Phi) is 5.40. The lowest BCUT2D eigenvalue weighted by atomic mass is 10.0. The van der Waals surface area contributed by atoms with E-state index in [1.54, 1.807) is 12.1 Å². The summed E-state index contributed by atoms with van der Waals surface area (Å²) < 4.78 is 15.3. The Labute approximate surface area is 182 Å². The van der Waals surface area contributed by atoms with Crippen LogP contribution in [0.4, 0.5) is 15.9 Å². The number of likely N-dealkylation sites (tertiary alicyclic amines) is 2. The molecule has 0 saturated carbocycles. The second-order valence-corrected chi connectivity index (χ2v) is 8.71. The number of hydrogen-bond donors (Lipinski definition) is 0. The van der Waals surface area contributed by atoms with Crippen molar-refractivity contribution in [2.24, 2.45) is 0 Å². The number of halogens is 1. The molecule has 0 N–H and O–H groups in total. The third-order valence-corrected chi connectivity index (χ3v) is 6.84. The highest BCUT2D eigenvalue weighted by molar-refractivity contribution is 5.94. The van der Waals surface area contributed by atoms with Crippen LogP contribution in [0.25, 0.3) is 5.52 Å². The van der Waals surface area contributed by atoms with Gasteiger partial charge in [0.15, 0.2) is 0 Å². The third kappa shape index (κ3) is 3.92. The zero-order valence-corrected chi connectivity index (χ0v) is 18.0. The minimum Gasteiger partial charge on any atom is -0.338 e. The maximum atomic E-state index is 13.3. The first-order chi connectivity index (χ1) is 15.1. The van der Waals surface area contributed by atoms with Crippen LogP contribution in [0.1, 0.15) is 36.0 Å². The zero-order chi connectivity index (χ0) is 21.4. The topological polar surface area (TPSA) is 31.2 Å². The molecule has 1 aromatic carbocycles. The second-order valence-electron chi connectivity index (χ2n) is 8.71. The highest BCUT2D eigenvalue weighted by Crippen LogP contribution is 2.27. The predicted molar refractivity (Wildman–Crippen MR) is 122 cm³/mol. The van der Waals surface area contributed by atoms with E-state index in [4.69, 9.17) is 0 Å². The molecule has 2 saturated heterocycles. The molecule has 5 nitrogen and oxygen atoms in total. The molecule has 2 aromatic heterocycles. The van der Waals surface area contributed by atoms with Gasteiger partial charge in [0.2, 0.25) is 0 Å². The van der Waals surface area contributed by atoms with Gasteiger partial charge in [0.05, 0.1) is 5.56 Å². The van der Waals surface area contributed by atoms with Crippen molar-refractivity contribution in [2.45, 2.75) is 31.7 Å². The molecule has 31 heavy (non-hydrogen) atoms. The van der Waals surface area contributed by atoms with Crippen LogP contribution in [0.2, 0.25) is 0 Å². The van der Waals surface area contributed by atoms with Crippen LogP contribution in [0.5, 0.6) is 0 Å². The largest absolute Gasteiger partial charge is 0.338 e. The molecule has 0 atom stereocenters. The summed E-state index contributed by atoms with van der Waals surface area (Å²) in [6.07, 6.45) is 6.68. The van der Waals surface area contributed by atoms with Crippen molar-refractivity contribution in [1.29, 1.82) is 0 Å². The lowest BCUT2D eigenvalue weighted by molar-refractivity contribution is 0.0644. The highest BCUT2D eigenvalue weighted by atomic mass is 19.1. The summed E-state index contributed by atoms with van der Waals surface area (Å²) in [5.74, 6) is 0.786. The second kappa shape index (κ2) is 8.35. The number of aromatic nitrogens is 1. The van der Waals surface area contributed by atoms with Crippen molar-refractivity contribution in [3.63, 3.8) is 0 Å². The van der Waals surface area contributed by atoms with Gasteiger partial charge in [0.25, 0.3) is 5.91 Å². The molecule has 0 spiro atoms. The monoisotopic (exact) mass is 420 g/mol. The van der Waals surface area contributed by atoms with Gasteiger partial charge in [-0.25, -0.2) is 4.39 Å². The Morgan fingerprint density at radius 1 is 0.935 bits per heavy atom. The van der Waals surface area contributed by atoms with Crippen LogP contribution in [0.3, 0.4) is 0 Å². The van der Waals surface area contributed by atoms with Gasteiger partial charge in [-0.3, -0.25) is 4.79 Å². The van der Waals surface area contributed by atoms with Gasteiger partial charge < -0.3 is 19.1 Å². The quantitative estimate of drug-likeness (QED) is 0.621. The molecule has 2 aliphatic heterocycles. The van der Waals surface area contributed by atoms with Crippen LogP contribution in [-0.4, -0.2) is 59.4 Å². The fourth-order valence-electron chi connectivity index (χ4n) is 5.01. The predicted octanol–water partition coefficient (Wildman–Crippen LogP) is 4.55. The fraction of sp³-hybridized carbons (Fsp3) is 0.400. The van der Waals surface area contributed by atoms with Crippen LogP contribution in [-0.2, 0) is 0 Å². The highest BCUT2D eigenvalue weighted by Gasteiger charge is 2.28. The molecule has 0 bridgehead atoms. The molecule has 0 unspecified atom stereocenters. The standard InChI is InChI=1S/C25H29FN4O/c1-27(21-8-5-20(26)6-9-21)24-11-10-23-7-4-19(18-30(23)24)25(31)29-16-12-22(13-17-29)28-14-2-3-15-28/h4-11,18,22H,2-3,12-17H2,1H3. The van der Waals surface area contributed by atoms with E-state index in [0.29, 0.717) is 11.6 Å². The summed E-state index contributed by atoms with van der Waals surface area (Å²) >= 11 is 0. The molecule has 4 heterocycles. The summed E-state index contributed by atoms with van der Waals surface area (Å²) in [7, 11) is 1.95. The number of rotatable bonds is 4. The molecule has 162 valence electrons. The van der Waals surface area contributed by atoms with Gasteiger partial charge >= 0.3 is 0 Å². The van der Waals surface area contributed by atoms with Crippen molar-refractivity contribution in [3.05, 3.63) is 66.1 Å². The molecule has 3 aromatic rings. The van der Waals surface area contributed by atoms with E-state index in [0.717, 1.165) is 43.0 Å². The molecule has 2 fully saturated rings. The van der Waals surface area contributed by atoms with Gasteiger partial charge in [-0.15, -0.1) is 0 Å². The van der Waals surface area contributed by atoms with E-state index < -0.39 is 0 Å². The Morgan fingerprint density at radius 3 is 2.32 bits per heavy atom. The number of pyridine rings is 1. The summed E-state index contributed by atoms with van der Waals surface area (Å²) in [5, 5.41) is 0. The first-order valence-corrected chi connectivity index (χ1v) is 11.2. The van der Waals surface area contributed by atoms with Crippen molar-refractivity contribution in [1.82, 2.24) is 14.2 Å². The molecule has 0 aliphatic carbocycles. The number of anilines is 2. The van der Waals surface area contributed by atoms with E-state index >= 15 is 0 Å². The number of fused-ring (bicyclic) bond motifs is 1. The first kappa shape index (κ1) is 20.1. The summed E-state index contributed by atoms with van der Waals surface area (Å²) in [6.45, 7) is 4.08. The third-order valence-electron chi connectivity index (χ3n) is 6.84. The average Bonchev–Trinajstić information content (AvgIpc) is 3.49. The van der Waals surface area contributed by atoms with E-state index in [-0.39, 0.29) is 11.7 Å². The zero-order valence-electron chi connectivity index (χ0n) is 18.0. The maximum Gasteiger partial charge on any atom is 0.255 e. The Hall–Kier alpha value is -2.86. The summed E-state index contributed by atoms with van der Waals surface area (Å²) in [6, 6.07) is 15.0. The lowest BCUT2D eigenvalue weighted by Crippen LogP contribution is -2.45. The van der Waals surface area contributed by atoms with Gasteiger partial charge in [0, 0.05) is 43.6 Å². The Balaban J connectivity index is 1.34. The number of carbonyl (C=O) groups is 1. The lowest BCUT2D eigenvalue weighted by Gasteiger charge is -2.36. The van der Waals surface area contributed by atoms with Gasteiger partial charge in [-0.1, -0.05) is 0 Å². The maximum absolute atomic E-state index is 13.3. The fourth-order valence-corrected chi connectivity index (χ4v) is 5.01. The van der Waals surface area contributed by atoms with Gasteiger partial charge in [-0.2, -0.15) is 0 Å². The average molecular weight is 421 g/mol. The number of hydrogen-bond acceptors (Lipinski definition) is 3. The summed E-state index contributed by atoms with van der Waals surface area (Å²) in [5.41, 5.74) is 2.62. The van der Waals surface area contributed by atoms with E-state index in [1.807, 2.05) is 51.7 Å². The Morgan fingerprint density at radius 2 is 1.61 bits per heavy atom. The SMILES string of the molecule is CN(c1ccc(F)cc1)c1ccc2ccc(C(=O)N3CCC(N4CCCC4)CC3)cn12. The number of carbonyl (C=O) groups excluding carboxylic acids is 1. The number of nitrogens with zero attached hydrogens (tertiary/aromatic N) is 4. The van der Waals surface area contributed by atoms with Crippen LogP contribution < -0.4 is 4.90 Å². The molecule has 0 radical (unpaired) electrons. The number of benzene rings is 1. The van der Waals surface area contributed by atoms with Gasteiger partial charge in [-0.05, 0) is 87.3 Å². The first-order valence-electron chi connectivity index (χ1n) is 11.2.